The van der Waals surface area contributed by atoms with Crippen LogP contribution in [0.3, 0.4) is 0 Å². The van der Waals surface area contributed by atoms with Gasteiger partial charge in [0.15, 0.2) is 6.29 Å². The smallest absolute Gasteiger partial charge is 0.237 e. The minimum Gasteiger partial charge on any atom is -0.351 e. The lowest BCUT2D eigenvalue weighted by atomic mass is 10.3. The zero-order chi connectivity index (χ0) is 10.8. The quantitative estimate of drug-likeness (QED) is 0.736. The van der Waals surface area contributed by atoms with Gasteiger partial charge in [0, 0.05) is 0 Å². The normalized spacial score (nSPS) is 28.7. The molecular weight excluding hydrogens is 267 g/mol. The Kier molecular flexibility index (Phi) is 5.15. The number of ether oxygens (including phenoxy) is 2. The van der Waals surface area contributed by atoms with E-state index >= 15 is 0 Å². The molecule has 1 rings (SSSR count). The van der Waals surface area contributed by atoms with Gasteiger partial charge in [0.2, 0.25) is 3.12 Å². The van der Waals surface area contributed by atoms with E-state index in [4.69, 9.17) is 44.3 Å². The third-order valence-electron chi connectivity index (χ3n) is 1.68. The Labute approximate surface area is 104 Å². The average molecular weight is 280 g/mol. The SMILES string of the molecule is CC(C)OC1OCCC1SC(Cl)(Cl)Cl. The van der Waals surface area contributed by atoms with Crippen LogP contribution in [0.2, 0.25) is 0 Å². The van der Waals surface area contributed by atoms with E-state index in [1.165, 1.54) is 11.8 Å². The molecule has 0 radical (unpaired) electrons. The Hall–Kier alpha value is 1.14. The molecule has 0 bridgehead atoms. The van der Waals surface area contributed by atoms with Gasteiger partial charge < -0.3 is 9.47 Å². The molecule has 0 amide bonds. The number of halogens is 3. The van der Waals surface area contributed by atoms with Gasteiger partial charge in [-0.05, 0) is 20.3 Å². The van der Waals surface area contributed by atoms with Crippen LogP contribution < -0.4 is 0 Å². The molecule has 1 aliphatic heterocycles. The van der Waals surface area contributed by atoms with Gasteiger partial charge >= 0.3 is 0 Å². The van der Waals surface area contributed by atoms with Crippen LogP contribution in [0.1, 0.15) is 20.3 Å². The highest BCUT2D eigenvalue weighted by Gasteiger charge is 2.36. The first-order chi connectivity index (χ1) is 6.38. The highest BCUT2D eigenvalue weighted by molar-refractivity contribution is 8.05. The maximum absolute atomic E-state index is 5.70. The van der Waals surface area contributed by atoms with Crippen molar-refractivity contribution in [2.75, 3.05) is 6.61 Å². The number of thioether (sulfide) groups is 1. The summed E-state index contributed by atoms with van der Waals surface area (Å²) in [6, 6.07) is 0. The van der Waals surface area contributed by atoms with Gasteiger partial charge in [-0.2, -0.15) is 0 Å². The fourth-order valence-electron chi connectivity index (χ4n) is 1.23. The highest BCUT2D eigenvalue weighted by Crippen LogP contribution is 2.45. The van der Waals surface area contributed by atoms with E-state index in [1.807, 2.05) is 13.8 Å². The van der Waals surface area contributed by atoms with Crippen LogP contribution in [0, 0.1) is 0 Å². The third kappa shape index (κ3) is 4.77. The molecule has 6 heteroatoms. The zero-order valence-electron chi connectivity index (χ0n) is 8.00. The average Bonchev–Trinajstić information content (AvgIpc) is 2.32. The molecule has 14 heavy (non-hydrogen) atoms. The zero-order valence-corrected chi connectivity index (χ0v) is 11.1. The number of hydrogen-bond donors (Lipinski definition) is 0. The van der Waals surface area contributed by atoms with E-state index < -0.39 is 3.12 Å². The van der Waals surface area contributed by atoms with Gasteiger partial charge in [0.1, 0.15) is 0 Å². The Bertz CT molecular complexity index is 184. The van der Waals surface area contributed by atoms with E-state index in [2.05, 4.69) is 0 Å². The molecule has 2 unspecified atom stereocenters. The van der Waals surface area contributed by atoms with Crippen LogP contribution in [0.25, 0.3) is 0 Å². The fourth-order valence-corrected chi connectivity index (χ4v) is 3.07. The summed E-state index contributed by atoms with van der Waals surface area (Å²) in [5.41, 5.74) is 0. The molecule has 0 N–H and O–H groups in total. The van der Waals surface area contributed by atoms with Crippen molar-refractivity contribution in [1.82, 2.24) is 0 Å². The standard InChI is InChI=1S/C8H13Cl3O2S/c1-5(2)13-7-6(3-4-12-7)14-8(9,10)11/h5-7H,3-4H2,1-2H3. The summed E-state index contributed by atoms with van der Waals surface area (Å²) < 4.78 is 9.66. The minimum absolute atomic E-state index is 0.102. The van der Waals surface area contributed by atoms with Crippen LogP contribution >= 0.6 is 46.6 Å². The Morgan fingerprint density at radius 1 is 1.43 bits per heavy atom. The van der Waals surface area contributed by atoms with E-state index in [0.717, 1.165) is 6.42 Å². The summed E-state index contributed by atoms with van der Waals surface area (Å²) in [5, 5.41) is 0.102. The summed E-state index contributed by atoms with van der Waals surface area (Å²) in [5.74, 6) is 0. The molecule has 0 saturated carbocycles. The molecule has 2 atom stereocenters. The van der Waals surface area contributed by atoms with Crippen molar-refractivity contribution in [1.29, 1.82) is 0 Å². The van der Waals surface area contributed by atoms with Crippen LogP contribution in [0.4, 0.5) is 0 Å². The Morgan fingerprint density at radius 3 is 2.57 bits per heavy atom. The maximum atomic E-state index is 5.70. The molecule has 1 heterocycles. The maximum Gasteiger partial charge on any atom is 0.237 e. The van der Waals surface area contributed by atoms with Gasteiger partial charge in [-0.25, -0.2) is 0 Å². The van der Waals surface area contributed by atoms with Crippen molar-refractivity contribution in [2.45, 2.75) is 41.0 Å². The molecule has 1 saturated heterocycles. The summed E-state index contributed by atoms with van der Waals surface area (Å²) in [6.07, 6.45) is 0.725. The molecule has 0 aromatic rings. The number of rotatable bonds is 3. The molecule has 0 aromatic heterocycles. The predicted octanol–water partition coefficient (Wildman–Crippen LogP) is 3.59. The van der Waals surface area contributed by atoms with Crippen molar-refractivity contribution >= 4 is 46.6 Å². The molecule has 1 aliphatic rings. The first-order valence-electron chi connectivity index (χ1n) is 4.40. The summed E-state index contributed by atoms with van der Waals surface area (Å²) >= 11 is 18.4. The van der Waals surface area contributed by atoms with Crippen LogP contribution in [0.5, 0.6) is 0 Å². The van der Waals surface area contributed by atoms with Crippen LogP contribution in [0.15, 0.2) is 0 Å². The highest BCUT2D eigenvalue weighted by atomic mass is 35.6. The van der Waals surface area contributed by atoms with E-state index in [1.54, 1.807) is 0 Å². The second-order valence-electron chi connectivity index (χ2n) is 3.31. The third-order valence-corrected chi connectivity index (χ3v) is 3.51. The van der Waals surface area contributed by atoms with Crippen molar-refractivity contribution < 1.29 is 9.47 Å². The van der Waals surface area contributed by atoms with E-state index in [9.17, 15) is 0 Å². The minimum atomic E-state index is -1.29. The van der Waals surface area contributed by atoms with Crippen LogP contribution in [-0.4, -0.2) is 27.4 Å². The Morgan fingerprint density at radius 2 is 2.07 bits per heavy atom. The van der Waals surface area contributed by atoms with Gasteiger partial charge in [-0.15, -0.1) is 0 Å². The molecular formula is C8H13Cl3O2S. The van der Waals surface area contributed by atoms with Crippen molar-refractivity contribution in [2.24, 2.45) is 0 Å². The topological polar surface area (TPSA) is 18.5 Å². The van der Waals surface area contributed by atoms with Crippen LogP contribution in [-0.2, 0) is 9.47 Å². The van der Waals surface area contributed by atoms with Gasteiger partial charge in [0.05, 0.1) is 18.0 Å². The largest absolute Gasteiger partial charge is 0.351 e. The van der Waals surface area contributed by atoms with Crippen molar-refractivity contribution in [3.05, 3.63) is 0 Å². The van der Waals surface area contributed by atoms with Crippen molar-refractivity contribution in [3.8, 4) is 0 Å². The molecule has 1 fully saturated rings. The molecule has 0 aromatic carbocycles. The van der Waals surface area contributed by atoms with E-state index in [0.29, 0.717) is 6.61 Å². The lowest BCUT2D eigenvalue weighted by Crippen LogP contribution is -2.27. The first kappa shape index (κ1) is 13.2. The van der Waals surface area contributed by atoms with Gasteiger partial charge in [0.25, 0.3) is 0 Å². The lowest BCUT2D eigenvalue weighted by molar-refractivity contribution is -0.131. The lowest BCUT2D eigenvalue weighted by Gasteiger charge is -2.23. The summed E-state index contributed by atoms with van der Waals surface area (Å²) in [4.78, 5) is 0. The van der Waals surface area contributed by atoms with Crippen molar-refractivity contribution in [3.63, 3.8) is 0 Å². The predicted molar refractivity (Wildman–Crippen MR) is 62.2 cm³/mol. The second-order valence-corrected chi connectivity index (χ2v) is 7.72. The molecule has 0 aliphatic carbocycles. The van der Waals surface area contributed by atoms with E-state index in [-0.39, 0.29) is 17.6 Å². The summed E-state index contributed by atoms with van der Waals surface area (Å²) in [7, 11) is 0. The monoisotopic (exact) mass is 278 g/mol. The Balaban J connectivity index is 2.43. The molecule has 84 valence electrons. The number of hydrogen-bond acceptors (Lipinski definition) is 3. The van der Waals surface area contributed by atoms with Gasteiger partial charge in [-0.1, -0.05) is 46.6 Å². The molecule has 0 spiro atoms. The van der Waals surface area contributed by atoms with Gasteiger partial charge in [-0.3, -0.25) is 0 Å². The number of alkyl halides is 3. The summed E-state index contributed by atoms with van der Waals surface area (Å²) in [6.45, 7) is 4.58. The first-order valence-corrected chi connectivity index (χ1v) is 6.41. The second kappa shape index (κ2) is 5.46. The fraction of sp³-hybridized carbons (Fsp3) is 1.00. The molecule has 2 nitrogen and oxygen atoms in total.